The first-order valence-corrected chi connectivity index (χ1v) is 12.0. The fourth-order valence-electron chi connectivity index (χ4n) is 4.83. The smallest absolute Gasteiger partial charge is 0.475 e. The third-order valence-corrected chi connectivity index (χ3v) is 7.06. The monoisotopic (exact) mass is 492 g/mol. The Hall–Kier alpha value is -2.88. The maximum atomic E-state index is 12.0. The number of aromatic nitrogens is 2. The molecule has 1 unspecified atom stereocenters. The van der Waals surface area contributed by atoms with Crippen molar-refractivity contribution in [2.75, 3.05) is 5.32 Å². The standard InChI is InChI=1S/C23H30N4O.C2HF3O2/c1-13(2)19-11-20(28)25-23-21(19)22(26-27-23)17-9-16(10-17)15-5-3-4-14(8-15)12-24-18-6-7-18;3-2(4,5)1(6)7/h3-5,8,13,16-19,24H,6-7,9-12H2,1-2H3,(H2,25,26,27,28);(H,6,7). The van der Waals surface area contributed by atoms with Gasteiger partial charge in [0.05, 0.1) is 0 Å². The first-order valence-electron chi connectivity index (χ1n) is 12.0. The number of halogens is 3. The molecule has 2 fully saturated rings. The third-order valence-electron chi connectivity index (χ3n) is 7.06. The van der Waals surface area contributed by atoms with Crippen LogP contribution in [0.4, 0.5) is 19.0 Å². The molecule has 35 heavy (non-hydrogen) atoms. The van der Waals surface area contributed by atoms with E-state index in [-0.39, 0.29) is 11.8 Å². The number of aromatic amines is 1. The number of nitrogens with one attached hydrogen (secondary N) is 3. The third kappa shape index (κ3) is 6.04. The van der Waals surface area contributed by atoms with Gasteiger partial charge in [0.25, 0.3) is 0 Å². The van der Waals surface area contributed by atoms with Crippen LogP contribution in [0.1, 0.15) is 86.1 Å². The highest BCUT2D eigenvalue weighted by molar-refractivity contribution is 5.94. The molecular formula is C25H31F3N4O3. The minimum absolute atomic E-state index is 0.0901. The quantitative estimate of drug-likeness (QED) is 0.452. The second-order valence-corrected chi connectivity index (χ2v) is 10.1. The molecule has 1 amide bonds. The number of carbonyl (C=O) groups is 2. The van der Waals surface area contributed by atoms with Crippen LogP contribution < -0.4 is 10.6 Å². The number of aliphatic carboxylic acids is 1. The van der Waals surface area contributed by atoms with Gasteiger partial charge in [0.1, 0.15) is 0 Å². The van der Waals surface area contributed by atoms with Crippen LogP contribution >= 0.6 is 0 Å². The maximum absolute atomic E-state index is 12.0. The van der Waals surface area contributed by atoms with Crippen molar-refractivity contribution in [2.24, 2.45) is 5.92 Å². The van der Waals surface area contributed by atoms with Gasteiger partial charge < -0.3 is 15.7 Å². The van der Waals surface area contributed by atoms with Gasteiger partial charge in [-0.1, -0.05) is 38.1 Å². The zero-order chi connectivity index (χ0) is 25.3. The molecule has 2 aromatic rings. The van der Waals surface area contributed by atoms with Crippen molar-refractivity contribution < 1.29 is 27.9 Å². The Bertz CT molecular complexity index is 1070. The van der Waals surface area contributed by atoms with Crippen LogP contribution in [0.15, 0.2) is 24.3 Å². The fourth-order valence-corrected chi connectivity index (χ4v) is 4.83. The van der Waals surface area contributed by atoms with E-state index in [1.807, 2.05) is 0 Å². The normalized spacial score (nSPS) is 23.6. The number of rotatable bonds is 6. The summed E-state index contributed by atoms with van der Waals surface area (Å²) < 4.78 is 31.7. The molecule has 0 radical (unpaired) electrons. The number of H-pyrrole nitrogens is 1. The van der Waals surface area contributed by atoms with E-state index in [2.05, 4.69) is 58.9 Å². The van der Waals surface area contributed by atoms with Crippen LogP contribution in [0.2, 0.25) is 0 Å². The zero-order valence-electron chi connectivity index (χ0n) is 19.8. The minimum Gasteiger partial charge on any atom is -0.475 e. The van der Waals surface area contributed by atoms with Crippen molar-refractivity contribution in [2.45, 2.75) is 82.5 Å². The molecule has 10 heteroatoms. The van der Waals surface area contributed by atoms with E-state index in [0.717, 1.165) is 31.2 Å². The molecule has 4 N–H and O–H groups in total. The van der Waals surface area contributed by atoms with Crippen molar-refractivity contribution in [3.05, 3.63) is 46.6 Å². The highest BCUT2D eigenvalue weighted by Crippen LogP contribution is 2.51. The van der Waals surface area contributed by atoms with E-state index < -0.39 is 12.1 Å². The predicted molar refractivity (Wildman–Crippen MR) is 124 cm³/mol. The Balaban J connectivity index is 0.000000364. The number of fused-ring (bicyclic) bond motifs is 1. The van der Waals surface area contributed by atoms with Gasteiger partial charge in [-0.25, -0.2) is 4.79 Å². The van der Waals surface area contributed by atoms with Crippen molar-refractivity contribution in [1.82, 2.24) is 15.5 Å². The number of carboxylic acids is 1. The van der Waals surface area contributed by atoms with E-state index >= 15 is 0 Å². The van der Waals surface area contributed by atoms with Gasteiger partial charge in [-0.15, -0.1) is 0 Å². The number of carbonyl (C=O) groups excluding carboxylic acids is 1. The van der Waals surface area contributed by atoms with Crippen LogP contribution in [0.5, 0.6) is 0 Å². The summed E-state index contributed by atoms with van der Waals surface area (Å²) in [5.74, 6) is -0.0475. The van der Waals surface area contributed by atoms with E-state index in [0.29, 0.717) is 24.2 Å². The Kier molecular flexibility index (Phi) is 7.21. The number of nitrogens with zero attached hydrogens (tertiary/aromatic N) is 1. The van der Waals surface area contributed by atoms with Crippen LogP contribution in [-0.4, -0.2) is 39.4 Å². The summed E-state index contributed by atoms with van der Waals surface area (Å²) >= 11 is 0. The molecule has 7 nitrogen and oxygen atoms in total. The molecule has 0 saturated heterocycles. The number of anilines is 1. The molecule has 1 aromatic carbocycles. The molecule has 3 aliphatic rings. The van der Waals surface area contributed by atoms with Gasteiger partial charge in [0.15, 0.2) is 5.82 Å². The SMILES string of the molecule is CC(C)C1CC(=O)Nc2n[nH]c(C3CC(c4cccc(CNC5CC5)c4)C3)c21.O=C(O)C(F)(F)F. The summed E-state index contributed by atoms with van der Waals surface area (Å²) in [5, 5.41) is 21.4. The maximum Gasteiger partial charge on any atom is 0.490 e. The molecule has 190 valence electrons. The second kappa shape index (κ2) is 10.0. The molecular weight excluding hydrogens is 461 g/mol. The molecule has 1 aliphatic heterocycles. The highest BCUT2D eigenvalue weighted by Gasteiger charge is 2.40. The lowest BCUT2D eigenvalue weighted by atomic mass is 9.67. The van der Waals surface area contributed by atoms with E-state index in [4.69, 9.17) is 9.90 Å². The summed E-state index contributed by atoms with van der Waals surface area (Å²) in [5.41, 5.74) is 5.39. The number of carboxylic acid groups (broad SMARTS) is 1. The van der Waals surface area contributed by atoms with Gasteiger partial charge in [0.2, 0.25) is 5.91 Å². The molecule has 2 aliphatic carbocycles. The van der Waals surface area contributed by atoms with Crippen LogP contribution in [-0.2, 0) is 16.1 Å². The highest BCUT2D eigenvalue weighted by atomic mass is 19.4. The lowest BCUT2D eigenvalue weighted by Crippen LogP contribution is -2.28. The number of amides is 1. The summed E-state index contributed by atoms with van der Waals surface area (Å²) in [6.45, 7) is 5.39. The number of hydrogen-bond acceptors (Lipinski definition) is 4. The van der Waals surface area contributed by atoms with E-state index in [9.17, 15) is 18.0 Å². The van der Waals surface area contributed by atoms with Gasteiger partial charge in [-0.3, -0.25) is 9.89 Å². The second-order valence-electron chi connectivity index (χ2n) is 10.1. The zero-order valence-corrected chi connectivity index (χ0v) is 19.8. The van der Waals surface area contributed by atoms with Crippen LogP contribution in [0.3, 0.4) is 0 Å². The summed E-state index contributed by atoms with van der Waals surface area (Å²) in [6, 6.07) is 9.85. The lowest BCUT2D eigenvalue weighted by Gasteiger charge is -2.37. The van der Waals surface area contributed by atoms with Gasteiger partial charge in [-0.05, 0) is 48.6 Å². The van der Waals surface area contributed by atoms with E-state index in [1.165, 1.54) is 35.2 Å². The van der Waals surface area contributed by atoms with Crippen molar-refractivity contribution in [3.8, 4) is 0 Å². The van der Waals surface area contributed by atoms with Crippen molar-refractivity contribution in [3.63, 3.8) is 0 Å². The molecule has 5 rings (SSSR count). The molecule has 2 saturated carbocycles. The summed E-state index contributed by atoms with van der Waals surface area (Å²) in [7, 11) is 0. The molecule has 0 spiro atoms. The Morgan fingerprint density at radius 1 is 1.23 bits per heavy atom. The molecule has 1 atom stereocenters. The van der Waals surface area contributed by atoms with Gasteiger partial charge in [-0.2, -0.15) is 18.3 Å². The van der Waals surface area contributed by atoms with E-state index in [1.54, 1.807) is 0 Å². The van der Waals surface area contributed by atoms with Crippen LogP contribution in [0.25, 0.3) is 0 Å². The average Bonchev–Trinajstić information content (AvgIpc) is 3.50. The largest absolute Gasteiger partial charge is 0.490 e. The Morgan fingerprint density at radius 3 is 2.51 bits per heavy atom. The summed E-state index contributed by atoms with van der Waals surface area (Å²) in [4.78, 5) is 20.9. The predicted octanol–water partition coefficient (Wildman–Crippen LogP) is 5.04. The fraction of sp³-hybridized carbons (Fsp3) is 0.560. The number of hydrogen-bond donors (Lipinski definition) is 4. The van der Waals surface area contributed by atoms with Gasteiger partial charge >= 0.3 is 12.1 Å². The Labute approximate surface area is 201 Å². The molecule has 1 aromatic heterocycles. The molecule has 0 bridgehead atoms. The number of alkyl halides is 3. The lowest BCUT2D eigenvalue weighted by molar-refractivity contribution is -0.192. The van der Waals surface area contributed by atoms with Crippen molar-refractivity contribution in [1.29, 1.82) is 0 Å². The first kappa shape index (κ1) is 25.2. The van der Waals surface area contributed by atoms with Crippen LogP contribution in [0, 0.1) is 5.92 Å². The average molecular weight is 493 g/mol. The molecule has 2 heterocycles. The minimum atomic E-state index is -5.08. The summed E-state index contributed by atoms with van der Waals surface area (Å²) in [6.07, 6.45) is 0.468. The first-order chi connectivity index (χ1) is 16.5. The number of benzene rings is 1. The Morgan fingerprint density at radius 2 is 1.91 bits per heavy atom. The van der Waals surface area contributed by atoms with Gasteiger partial charge in [0, 0.05) is 42.1 Å². The van der Waals surface area contributed by atoms with Crippen molar-refractivity contribution >= 4 is 17.7 Å². The topological polar surface area (TPSA) is 107 Å².